The van der Waals surface area contributed by atoms with Crippen LogP contribution in [0.15, 0.2) is 24.3 Å². The van der Waals surface area contributed by atoms with Crippen LogP contribution in [0.25, 0.3) is 0 Å². The zero-order valence-electron chi connectivity index (χ0n) is 11.3. The molecule has 0 fully saturated rings. The first kappa shape index (κ1) is 16.5. The number of sulfone groups is 1. The number of benzene rings is 1. The van der Waals surface area contributed by atoms with Gasteiger partial charge in [-0.3, -0.25) is 0 Å². The van der Waals surface area contributed by atoms with Gasteiger partial charge < -0.3 is 5.73 Å². The van der Waals surface area contributed by atoms with E-state index in [1.807, 2.05) is 24.3 Å². The third-order valence-electron chi connectivity index (χ3n) is 3.25. The van der Waals surface area contributed by atoms with Crippen LogP contribution >= 0.6 is 11.6 Å². The lowest BCUT2D eigenvalue weighted by Gasteiger charge is -2.14. The van der Waals surface area contributed by atoms with E-state index in [1.54, 1.807) is 6.92 Å². The molecule has 19 heavy (non-hydrogen) atoms. The zero-order chi connectivity index (χ0) is 14.3. The Hall–Kier alpha value is -0.580. The van der Waals surface area contributed by atoms with Gasteiger partial charge >= 0.3 is 0 Å². The van der Waals surface area contributed by atoms with Crippen molar-refractivity contribution in [1.29, 1.82) is 0 Å². The lowest BCUT2D eigenvalue weighted by molar-refractivity contribution is 0.485. The molecule has 0 radical (unpaired) electrons. The summed E-state index contributed by atoms with van der Waals surface area (Å²) in [7, 11) is -2.86. The van der Waals surface area contributed by atoms with Gasteiger partial charge in [-0.2, -0.15) is 0 Å². The standard InChI is InChI=1S/C14H22ClNO2S/c1-2-19(17,18)8-4-6-13(11-16)9-12-5-3-7-14(15)10-12/h3,5,7,10,13H,2,4,6,8-9,11,16H2,1H3. The van der Waals surface area contributed by atoms with Crippen LogP contribution in [0.2, 0.25) is 5.02 Å². The van der Waals surface area contributed by atoms with E-state index in [9.17, 15) is 8.42 Å². The SMILES string of the molecule is CCS(=O)(=O)CCCC(CN)Cc1cccc(Cl)c1. The summed E-state index contributed by atoms with van der Waals surface area (Å²) >= 11 is 5.94. The van der Waals surface area contributed by atoms with Crippen LogP contribution in [-0.4, -0.2) is 26.5 Å². The van der Waals surface area contributed by atoms with Crippen LogP contribution in [0, 0.1) is 5.92 Å². The van der Waals surface area contributed by atoms with Crippen LogP contribution in [0.4, 0.5) is 0 Å². The van der Waals surface area contributed by atoms with Crippen molar-refractivity contribution in [3.8, 4) is 0 Å². The fourth-order valence-corrected chi connectivity index (χ4v) is 3.14. The van der Waals surface area contributed by atoms with Gasteiger partial charge in [-0.25, -0.2) is 8.42 Å². The second kappa shape index (κ2) is 7.88. The molecule has 5 heteroatoms. The summed E-state index contributed by atoms with van der Waals surface area (Å²) in [5, 5.41) is 0.724. The molecule has 1 aromatic carbocycles. The van der Waals surface area contributed by atoms with Gasteiger partial charge in [-0.15, -0.1) is 0 Å². The van der Waals surface area contributed by atoms with Crippen molar-refractivity contribution in [2.75, 3.05) is 18.1 Å². The van der Waals surface area contributed by atoms with E-state index >= 15 is 0 Å². The first-order chi connectivity index (χ1) is 8.96. The minimum atomic E-state index is -2.86. The van der Waals surface area contributed by atoms with Crippen molar-refractivity contribution in [3.05, 3.63) is 34.9 Å². The third-order valence-corrected chi connectivity index (χ3v) is 5.28. The number of hydrogen-bond acceptors (Lipinski definition) is 3. The van der Waals surface area contributed by atoms with Crippen molar-refractivity contribution in [2.24, 2.45) is 11.7 Å². The minimum Gasteiger partial charge on any atom is -0.330 e. The van der Waals surface area contributed by atoms with E-state index in [0.717, 1.165) is 23.4 Å². The third kappa shape index (κ3) is 6.41. The lowest BCUT2D eigenvalue weighted by Crippen LogP contribution is -2.18. The predicted molar refractivity (Wildman–Crippen MR) is 81.3 cm³/mol. The second-order valence-electron chi connectivity index (χ2n) is 4.81. The summed E-state index contributed by atoms with van der Waals surface area (Å²) in [6.45, 7) is 2.25. The molecule has 1 aromatic rings. The predicted octanol–water partition coefficient (Wildman–Crippen LogP) is 2.67. The number of hydrogen-bond donors (Lipinski definition) is 1. The molecule has 0 aliphatic heterocycles. The Morgan fingerprint density at radius 1 is 1.37 bits per heavy atom. The molecular formula is C14H22ClNO2S. The largest absolute Gasteiger partial charge is 0.330 e. The fourth-order valence-electron chi connectivity index (χ4n) is 2.04. The highest BCUT2D eigenvalue weighted by Crippen LogP contribution is 2.17. The maximum absolute atomic E-state index is 11.4. The van der Waals surface area contributed by atoms with Crippen molar-refractivity contribution >= 4 is 21.4 Å². The van der Waals surface area contributed by atoms with Crippen molar-refractivity contribution in [1.82, 2.24) is 0 Å². The molecule has 0 aromatic heterocycles. The molecule has 0 saturated carbocycles. The lowest BCUT2D eigenvalue weighted by atomic mass is 9.95. The fraction of sp³-hybridized carbons (Fsp3) is 0.571. The molecule has 0 amide bonds. The van der Waals surface area contributed by atoms with Gasteiger partial charge in [-0.1, -0.05) is 30.7 Å². The summed E-state index contributed by atoms with van der Waals surface area (Å²) < 4.78 is 22.8. The van der Waals surface area contributed by atoms with Gasteiger partial charge in [0.05, 0.1) is 5.75 Å². The Labute approximate surface area is 121 Å². The van der Waals surface area contributed by atoms with Gasteiger partial charge in [0.15, 0.2) is 0 Å². The highest BCUT2D eigenvalue weighted by Gasteiger charge is 2.12. The summed E-state index contributed by atoms with van der Waals surface area (Å²) in [5.41, 5.74) is 6.91. The van der Waals surface area contributed by atoms with E-state index in [0.29, 0.717) is 18.9 Å². The quantitative estimate of drug-likeness (QED) is 0.803. The molecule has 1 rings (SSSR count). The number of rotatable bonds is 8. The molecule has 0 spiro atoms. The number of nitrogens with two attached hydrogens (primary N) is 1. The Morgan fingerprint density at radius 2 is 2.11 bits per heavy atom. The zero-order valence-corrected chi connectivity index (χ0v) is 12.9. The second-order valence-corrected chi connectivity index (χ2v) is 7.72. The van der Waals surface area contributed by atoms with Crippen LogP contribution in [0.3, 0.4) is 0 Å². The highest BCUT2D eigenvalue weighted by molar-refractivity contribution is 7.91. The van der Waals surface area contributed by atoms with Gasteiger partial charge in [-0.05, 0) is 49.4 Å². The first-order valence-corrected chi connectivity index (χ1v) is 8.81. The Bertz CT molecular complexity index is 488. The molecule has 3 nitrogen and oxygen atoms in total. The Morgan fingerprint density at radius 3 is 2.68 bits per heavy atom. The molecule has 0 aliphatic rings. The van der Waals surface area contributed by atoms with Gasteiger partial charge in [0.1, 0.15) is 9.84 Å². The van der Waals surface area contributed by atoms with Gasteiger partial charge in [0, 0.05) is 10.8 Å². The molecule has 0 saturated heterocycles. The highest BCUT2D eigenvalue weighted by atomic mass is 35.5. The summed E-state index contributed by atoms with van der Waals surface area (Å²) in [6.07, 6.45) is 2.37. The summed E-state index contributed by atoms with van der Waals surface area (Å²) in [6, 6.07) is 7.73. The van der Waals surface area contributed by atoms with Crippen LogP contribution in [0.5, 0.6) is 0 Å². The minimum absolute atomic E-state index is 0.217. The van der Waals surface area contributed by atoms with Crippen LogP contribution in [0.1, 0.15) is 25.3 Å². The van der Waals surface area contributed by atoms with E-state index in [4.69, 9.17) is 17.3 Å². The molecule has 2 N–H and O–H groups in total. The number of halogens is 1. The molecular weight excluding hydrogens is 282 g/mol. The molecule has 0 bridgehead atoms. The monoisotopic (exact) mass is 303 g/mol. The van der Waals surface area contributed by atoms with E-state index in [1.165, 1.54) is 0 Å². The molecule has 0 heterocycles. The molecule has 108 valence electrons. The van der Waals surface area contributed by atoms with Gasteiger partial charge in [0.2, 0.25) is 0 Å². The van der Waals surface area contributed by atoms with Crippen LogP contribution < -0.4 is 5.73 Å². The Kier molecular flexibility index (Phi) is 6.83. The average Bonchev–Trinajstić information content (AvgIpc) is 2.37. The Balaban J connectivity index is 2.46. The normalized spacial score (nSPS) is 13.4. The van der Waals surface area contributed by atoms with Crippen molar-refractivity contribution < 1.29 is 8.42 Å². The van der Waals surface area contributed by atoms with E-state index < -0.39 is 9.84 Å². The average molecular weight is 304 g/mol. The molecule has 1 unspecified atom stereocenters. The van der Waals surface area contributed by atoms with E-state index in [2.05, 4.69) is 0 Å². The first-order valence-electron chi connectivity index (χ1n) is 6.61. The van der Waals surface area contributed by atoms with E-state index in [-0.39, 0.29) is 11.5 Å². The topological polar surface area (TPSA) is 60.2 Å². The summed E-state index contributed by atoms with van der Waals surface area (Å²) in [4.78, 5) is 0. The van der Waals surface area contributed by atoms with Crippen molar-refractivity contribution in [3.63, 3.8) is 0 Å². The maximum atomic E-state index is 11.4. The molecule has 0 aliphatic carbocycles. The summed E-state index contributed by atoms with van der Waals surface area (Å²) in [5.74, 6) is 0.787. The van der Waals surface area contributed by atoms with Gasteiger partial charge in [0.25, 0.3) is 0 Å². The molecule has 1 atom stereocenters. The maximum Gasteiger partial charge on any atom is 0.150 e. The van der Waals surface area contributed by atoms with Crippen molar-refractivity contribution in [2.45, 2.75) is 26.2 Å². The van der Waals surface area contributed by atoms with Crippen LogP contribution in [-0.2, 0) is 16.3 Å². The smallest absolute Gasteiger partial charge is 0.150 e.